The smallest absolute Gasteiger partial charge is 0.364 e. The maximum atomic E-state index is 5.26. The quantitative estimate of drug-likeness (QED) is 0.450. The van der Waals surface area contributed by atoms with Gasteiger partial charge in [-0.3, -0.25) is 4.98 Å². The van der Waals surface area contributed by atoms with Gasteiger partial charge in [-0.1, -0.05) is 39.0 Å². The number of hydrogen-bond acceptors (Lipinski definition) is 4. The van der Waals surface area contributed by atoms with E-state index in [9.17, 15) is 0 Å². The molecule has 0 heterocycles. The van der Waals surface area contributed by atoms with Gasteiger partial charge in [0.05, 0.1) is 0 Å². The van der Waals surface area contributed by atoms with Crippen LogP contribution in [0, 0.1) is 0 Å². The predicted octanol–water partition coefficient (Wildman–Crippen LogP) is 2.31. The summed E-state index contributed by atoms with van der Waals surface area (Å²) >= 11 is 0. The molecular formula is C11H27NO3Si. The Labute approximate surface area is 101 Å². The van der Waals surface area contributed by atoms with Gasteiger partial charge in [0.1, 0.15) is 0 Å². The van der Waals surface area contributed by atoms with Gasteiger partial charge >= 0.3 is 8.97 Å². The van der Waals surface area contributed by atoms with E-state index in [1.54, 1.807) is 21.3 Å². The Hall–Kier alpha value is 0.0569. The fourth-order valence-corrected chi connectivity index (χ4v) is 3.03. The lowest BCUT2D eigenvalue weighted by molar-refractivity contribution is 0.110. The Bertz CT molecular complexity index is 146. The van der Waals surface area contributed by atoms with Crippen molar-refractivity contribution in [3.8, 4) is 0 Å². The summed E-state index contributed by atoms with van der Waals surface area (Å²) in [6.45, 7) is 3.13. The van der Waals surface area contributed by atoms with Gasteiger partial charge in [0, 0.05) is 21.3 Å². The Morgan fingerprint density at radius 2 is 1.31 bits per heavy atom. The van der Waals surface area contributed by atoms with Gasteiger partial charge in [-0.2, -0.15) is 0 Å². The Morgan fingerprint density at radius 3 is 1.81 bits per heavy atom. The molecule has 0 atom stereocenters. The normalized spacial score (nSPS) is 12.0. The number of nitrogens with one attached hydrogen (secondary N) is 1. The summed E-state index contributed by atoms with van der Waals surface area (Å²) in [5.41, 5.74) is 0. The van der Waals surface area contributed by atoms with Crippen LogP contribution in [0.3, 0.4) is 0 Å². The number of hydrogen-bond donors (Lipinski definition) is 1. The summed E-state index contributed by atoms with van der Waals surface area (Å²) in [7, 11) is 2.31. The zero-order valence-electron chi connectivity index (χ0n) is 11.2. The molecule has 5 heteroatoms. The summed E-state index contributed by atoms with van der Waals surface area (Å²) in [6.07, 6.45) is 7.71. The third-order valence-electron chi connectivity index (χ3n) is 2.68. The average molecular weight is 249 g/mol. The molecule has 0 aliphatic heterocycles. The van der Waals surface area contributed by atoms with Crippen LogP contribution in [0.1, 0.15) is 45.4 Å². The fraction of sp³-hybridized carbons (Fsp3) is 1.00. The van der Waals surface area contributed by atoms with Crippen molar-refractivity contribution in [3.05, 3.63) is 0 Å². The molecule has 0 bridgehead atoms. The van der Waals surface area contributed by atoms with Gasteiger partial charge in [0.15, 0.2) is 0 Å². The first-order valence-electron chi connectivity index (χ1n) is 6.15. The second-order valence-electron chi connectivity index (χ2n) is 3.86. The van der Waals surface area contributed by atoms with E-state index >= 15 is 0 Å². The van der Waals surface area contributed by atoms with E-state index in [0.717, 1.165) is 13.0 Å². The van der Waals surface area contributed by atoms with E-state index < -0.39 is 8.97 Å². The highest BCUT2D eigenvalue weighted by Gasteiger charge is 2.38. The molecule has 98 valence electrons. The van der Waals surface area contributed by atoms with Gasteiger partial charge in [-0.25, -0.2) is 0 Å². The average Bonchev–Trinajstić information content (AvgIpc) is 2.34. The van der Waals surface area contributed by atoms with Crippen LogP contribution in [-0.2, 0) is 13.3 Å². The first-order valence-corrected chi connectivity index (χ1v) is 7.87. The van der Waals surface area contributed by atoms with Crippen LogP contribution in [-0.4, -0.2) is 36.8 Å². The first kappa shape index (κ1) is 16.1. The molecule has 0 unspecified atom stereocenters. The zero-order chi connectivity index (χ0) is 12.3. The fourth-order valence-electron chi connectivity index (χ4n) is 1.61. The summed E-state index contributed by atoms with van der Waals surface area (Å²) in [4.78, 5) is 3.25. The van der Waals surface area contributed by atoms with Crippen LogP contribution in [0.2, 0.25) is 0 Å². The Kier molecular flexibility index (Phi) is 10.3. The molecule has 0 aromatic heterocycles. The monoisotopic (exact) mass is 249 g/mol. The van der Waals surface area contributed by atoms with Crippen molar-refractivity contribution in [1.82, 2.24) is 4.98 Å². The highest BCUT2D eigenvalue weighted by molar-refractivity contribution is 6.57. The second kappa shape index (κ2) is 10.2. The number of rotatable bonds is 11. The molecule has 16 heavy (non-hydrogen) atoms. The van der Waals surface area contributed by atoms with E-state index in [1.165, 1.54) is 32.1 Å². The van der Waals surface area contributed by atoms with E-state index in [0.29, 0.717) is 0 Å². The van der Waals surface area contributed by atoms with Crippen LogP contribution < -0.4 is 4.98 Å². The molecule has 0 saturated carbocycles. The van der Waals surface area contributed by atoms with Crippen molar-refractivity contribution >= 4 is 8.97 Å². The standard InChI is InChI=1S/C11H27NO3Si/c1-5-6-7-8-9-10-11-12-16(13-2,14-3)15-4/h12H,5-11H2,1-4H3. The zero-order valence-corrected chi connectivity index (χ0v) is 12.2. The highest BCUT2D eigenvalue weighted by Crippen LogP contribution is 2.06. The minimum Gasteiger partial charge on any atom is -0.364 e. The molecule has 0 saturated heterocycles. The third kappa shape index (κ3) is 6.60. The topological polar surface area (TPSA) is 39.7 Å². The molecule has 0 aromatic carbocycles. The maximum absolute atomic E-state index is 5.26. The van der Waals surface area contributed by atoms with Crippen LogP contribution in [0.5, 0.6) is 0 Å². The van der Waals surface area contributed by atoms with Crippen molar-refractivity contribution < 1.29 is 13.3 Å². The summed E-state index contributed by atoms with van der Waals surface area (Å²) in [6, 6.07) is 0. The number of unbranched alkanes of at least 4 members (excludes halogenated alkanes) is 5. The van der Waals surface area contributed by atoms with Crippen LogP contribution >= 0.6 is 0 Å². The van der Waals surface area contributed by atoms with Crippen LogP contribution in [0.15, 0.2) is 0 Å². The van der Waals surface area contributed by atoms with Gasteiger partial charge in [0.2, 0.25) is 0 Å². The van der Waals surface area contributed by atoms with Gasteiger partial charge in [-0.05, 0) is 13.0 Å². The van der Waals surface area contributed by atoms with E-state index in [2.05, 4.69) is 11.9 Å². The molecule has 4 nitrogen and oxygen atoms in total. The maximum Gasteiger partial charge on any atom is 0.595 e. The van der Waals surface area contributed by atoms with Gasteiger partial charge in [0.25, 0.3) is 0 Å². The summed E-state index contributed by atoms with van der Waals surface area (Å²) in [5, 5.41) is 0. The SMILES string of the molecule is CCCCCCCCN[Si](OC)(OC)OC. The van der Waals surface area contributed by atoms with Crippen LogP contribution in [0.4, 0.5) is 0 Å². The summed E-state index contributed by atoms with van der Waals surface area (Å²) < 4.78 is 15.8. The minimum atomic E-state index is -2.54. The van der Waals surface area contributed by atoms with Gasteiger partial charge in [-0.15, -0.1) is 0 Å². The van der Waals surface area contributed by atoms with Crippen molar-refractivity contribution in [2.75, 3.05) is 27.9 Å². The minimum absolute atomic E-state index is 0.897. The van der Waals surface area contributed by atoms with Crippen molar-refractivity contribution in [1.29, 1.82) is 0 Å². The van der Waals surface area contributed by atoms with Crippen LogP contribution in [0.25, 0.3) is 0 Å². The molecule has 0 rings (SSSR count). The molecule has 0 aliphatic rings. The van der Waals surface area contributed by atoms with Crippen molar-refractivity contribution in [3.63, 3.8) is 0 Å². The Morgan fingerprint density at radius 1 is 0.812 bits per heavy atom. The lowest BCUT2D eigenvalue weighted by atomic mass is 10.1. The molecular weight excluding hydrogens is 222 g/mol. The molecule has 0 aliphatic carbocycles. The van der Waals surface area contributed by atoms with Crippen molar-refractivity contribution in [2.45, 2.75) is 45.4 Å². The van der Waals surface area contributed by atoms with E-state index in [4.69, 9.17) is 13.3 Å². The highest BCUT2D eigenvalue weighted by atomic mass is 28.4. The molecule has 0 fully saturated rings. The van der Waals surface area contributed by atoms with Crippen molar-refractivity contribution in [2.24, 2.45) is 0 Å². The predicted molar refractivity (Wildman–Crippen MR) is 68.2 cm³/mol. The molecule has 0 amide bonds. The summed E-state index contributed by atoms with van der Waals surface area (Å²) in [5.74, 6) is 0. The Balaban J connectivity index is 3.48. The lowest BCUT2D eigenvalue weighted by Gasteiger charge is -2.24. The second-order valence-corrected chi connectivity index (χ2v) is 6.55. The largest absolute Gasteiger partial charge is 0.595 e. The third-order valence-corrected chi connectivity index (χ3v) is 4.97. The first-order chi connectivity index (χ1) is 7.74. The van der Waals surface area contributed by atoms with Gasteiger partial charge < -0.3 is 13.3 Å². The van der Waals surface area contributed by atoms with E-state index in [1.807, 2.05) is 0 Å². The van der Waals surface area contributed by atoms with E-state index in [-0.39, 0.29) is 0 Å². The molecule has 0 spiro atoms. The molecule has 1 N–H and O–H groups in total. The molecule has 0 aromatic rings. The molecule has 0 radical (unpaired) electrons. The lowest BCUT2D eigenvalue weighted by Crippen LogP contribution is -2.57.